The number of rotatable bonds is 6. The largest absolute Gasteiger partial charge is 0.314 e. The average Bonchev–Trinajstić information content (AvgIpc) is 2.79. The summed E-state index contributed by atoms with van der Waals surface area (Å²) < 4.78 is 0. The van der Waals surface area contributed by atoms with Gasteiger partial charge in [0, 0.05) is 12.6 Å². The average molecular weight is 266 g/mol. The molecule has 112 valence electrons. The molecule has 2 aliphatic rings. The second-order valence-electron chi connectivity index (χ2n) is 7.41. The summed E-state index contributed by atoms with van der Waals surface area (Å²) in [6.07, 6.45) is 10.1. The van der Waals surface area contributed by atoms with Crippen LogP contribution in [0, 0.1) is 11.3 Å². The van der Waals surface area contributed by atoms with E-state index in [0.717, 1.165) is 18.5 Å². The zero-order valence-corrected chi connectivity index (χ0v) is 13.4. The molecule has 1 aliphatic heterocycles. The lowest BCUT2D eigenvalue weighted by molar-refractivity contribution is 0.102. The molecule has 2 nitrogen and oxygen atoms in total. The molecule has 1 saturated carbocycles. The molecule has 1 aliphatic carbocycles. The van der Waals surface area contributed by atoms with E-state index in [-0.39, 0.29) is 0 Å². The van der Waals surface area contributed by atoms with E-state index in [0.29, 0.717) is 5.41 Å². The van der Waals surface area contributed by atoms with Gasteiger partial charge in [0.1, 0.15) is 0 Å². The molecule has 0 unspecified atom stereocenters. The number of piperidine rings is 1. The summed E-state index contributed by atoms with van der Waals surface area (Å²) in [5.74, 6) is 0.859. The van der Waals surface area contributed by atoms with Crippen LogP contribution < -0.4 is 5.32 Å². The molecule has 2 heteroatoms. The second kappa shape index (κ2) is 7.08. The first-order chi connectivity index (χ1) is 9.13. The summed E-state index contributed by atoms with van der Waals surface area (Å²) in [6, 6.07) is 0.783. The molecule has 0 aromatic carbocycles. The third-order valence-electron chi connectivity index (χ3n) is 5.14. The molecule has 2 fully saturated rings. The summed E-state index contributed by atoms with van der Waals surface area (Å²) in [6.45, 7) is 12.2. The van der Waals surface area contributed by atoms with E-state index >= 15 is 0 Å². The number of nitrogens with zero attached hydrogens (tertiary/aromatic N) is 1. The topological polar surface area (TPSA) is 15.3 Å². The van der Waals surface area contributed by atoms with Crippen molar-refractivity contribution >= 4 is 0 Å². The zero-order valence-electron chi connectivity index (χ0n) is 13.4. The maximum absolute atomic E-state index is 3.61. The molecular weight excluding hydrogens is 232 g/mol. The molecule has 2 rings (SSSR count). The number of nitrogens with one attached hydrogen (secondary N) is 1. The van der Waals surface area contributed by atoms with Gasteiger partial charge in [-0.05, 0) is 63.1 Å². The van der Waals surface area contributed by atoms with Crippen LogP contribution in [0.2, 0.25) is 0 Å². The molecule has 0 bridgehead atoms. The normalized spacial score (nSPS) is 25.3. The van der Waals surface area contributed by atoms with E-state index < -0.39 is 0 Å². The molecule has 0 spiro atoms. The Labute approximate surface area is 120 Å². The highest BCUT2D eigenvalue weighted by atomic mass is 15.1. The van der Waals surface area contributed by atoms with Gasteiger partial charge in [-0.1, -0.05) is 33.6 Å². The van der Waals surface area contributed by atoms with Crippen LogP contribution in [0.15, 0.2) is 0 Å². The molecule has 0 atom stereocenters. The van der Waals surface area contributed by atoms with Crippen LogP contribution in [0.3, 0.4) is 0 Å². The van der Waals surface area contributed by atoms with Crippen molar-refractivity contribution in [2.24, 2.45) is 11.3 Å². The molecule has 0 aromatic rings. The van der Waals surface area contributed by atoms with Crippen molar-refractivity contribution in [1.82, 2.24) is 10.2 Å². The van der Waals surface area contributed by atoms with E-state index in [2.05, 4.69) is 31.0 Å². The summed E-state index contributed by atoms with van der Waals surface area (Å²) in [5.41, 5.74) is 0.666. The second-order valence-corrected chi connectivity index (χ2v) is 7.41. The van der Waals surface area contributed by atoms with Gasteiger partial charge >= 0.3 is 0 Å². The molecule has 1 saturated heterocycles. The highest BCUT2D eigenvalue weighted by molar-refractivity contribution is 4.90. The molecule has 0 radical (unpaired) electrons. The first kappa shape index (κ1) is 15.3. The summed E-state index contributed by atoms with van der Waals surface area (Å²) >= 11 is 0. The van der Waals surface area contributed by atoms with Gasteiger partial charge in [-0.25, -0.2) is 0 Å². The van der Waals surface area contributed by atoms with Gasteiger partial charge in [0.15, 0.2) is 0 Å². The number of hydrogen-bond acceptors (Lipinski definition) is 2. The maximum atomic E-state index is 3.61. The van der Waals surface area contributed by atoms with Crippen molar-refractivity contribution < 1.29 is 0 Å². The SMILES string of the molecule is CCNC1CCN(CC2(CC(C)C)CCCC2)CC1. The van der Waals surface area contributed by atoms with Crippen molar-refractivity contribution in [2.75, 3.05) is 26.2 Å². The number of likely N-dealkylation sites (tertiary alicyclic amines) is 1. The van der Waals surface area contributed by atoms with Gasteiger partial charge in [-0.15, -0.1) is 0 Å². The maximum Gasteiger partial charge on any atom is 0.00912 e. The van der Waals surface area contributed by atoms with Gasteiger partial charge in [0.05, 0.1) is 0 Å². The van der Waals surface area contributed by atoms with Crippen molar-refractivity contribution in [3.8, 4) is 0 Å². The summed E-state index contributed by atoms with van der Waals surface area (Å²) in [5, 5.41) is 3.61. The Bertz CT molecular complexity index is 248. The minimum Gasteiger partial charge on any atom is -0.314 e. The van der Waals surface area contributed by atoms with Gasteiger partial charge < -0.3 is 10.2 Å². The fourth-order valence-electron chi connectivity index (χ4n) is 4.48. The third kappa shape index (κ3) is 4.46. The van der Waals surface area contributed by atoms with Crippen LogP contribution in [0.1, 0.15) is 65.7 Å². The summed E-state index contributed by atoms with van der Waals surface area (Å²) in [4.78, 5) is 2.77. The summed E-state index contributed by atoms with van der Waals surface area (Å²) in [7, 11) is 0. The standard InChI is InChI=1S/C17H34N2/c1-4-18-16-7-11-19(12-8-16)14-17(13-15(2)3)9-5-6-10-17/h15-16,18H,4-14H2,1-3H3. The smallest absolute Gasteiger partial charge is 0.00912 e. The van der Waals surface area contributed by atoms with Gasteiger partial charge in [0.25, 0.3) is 0 Å². The minimum absolute atomic E-state index is 0.666. The van der Waals surface area contributed by atoms with E-state index in [9.17, 15) is 0 Å². The Hall–Kier alpha value is -0.0800. The van der Waals surface area contributed by atoms with E-state index in [4.69, 9.17) is 0 Å². The lowest BCUT2D eigenvalue weighted by Crippen LogP contribution is -2.46. The van der Waals surface area contributed by atoms with Crippen molar-refractivity contribution in [2.45, 2.75) is 71.8 Å². The highest BCUT2D eigenvalue weighted by Gasteiger charge is 2.36. The highest BCUT2D eigenvalue weighted by Crippen LogP contribution is 2.44. The predicted molar refractivity (Wildman–Crippen MR) is 83.5 cm³/mol. The van der Waals surface area contributed by atoms with E-state index in [1.165, 1.54) is 64.6 Å². The first-order valence-corrected chi connectivity index (χ1v) is 8.59. The monoisotopic (exact) mass is 266 g/mol. The quantitative estimate of drug-likeness (QED) is 0.789. The lowest BCUT2D eigenvalue weighted by Gasteiger charge is -2.40. The van der Waals surface area contributed by atoms with Crippen LogP contribution in [0.25, 0.3) is 0 Å². The minimum atomic E-state index is 0.666. The van der Waals surface area contributed by atoms with E-state index in [1.807, 2.05) is 0 Å². The van der Waals surface area contributed by atoms with Gasteiger partial charge in [-0.2, -0.15) is 0 Å². The third-order valence-corrected chi connectivity index (χ3v) is 5.14. The van der Waals surface area contributed by atoms with Gasteiger partial charge in [-0.3, -0.25) is 0 Å². The van der Waals surface area contributed by atoms with Crippen molar-refractivity contribution in [3.63, 3.8) is 0 Å². The Morgan fingerprint density at radius 2 is 1.79 bits per heavy atom. The molecule has 0 amide bonds. The molecule has 19 heavy (non-hydrogen) atoms. The zero-order chi connectivity index (χ0) is 13.7. The van der Waals surface area contributed by atoms with Crippen molar-refractivity contribution in [1.29, 1.82) is 0 Å². The van der Waals surface area contributed by atoms with Crippen LogP contribution in [-0.2, 0) is 0 Å². The fraction of sp³-hybridized carbons (Fsp3) is 1.00. The van der Waals surface area contributed by atoms with Crippen LogP contribution in [0.4, 0.5) is 0 Å². The lowest BCUT2D eigenvalue weighted by atomic mass is 9.77. The Balaban J connectivity index is 1.82. The van der Waals surface area contributed by atoms with Crippen molar-refractivity contribution in [3.05, 3.63) is 0 Å². The predicted octanol–water partition coefficient (Wildman–Crippen LogP) is 3.67. The van der Waals surface area contributed by atoms with Crippen LogP contribution in [0.5, 0.6) is 0 Å². The Morgan fingerprint density at radius 1 is 1.16 bits per heavy atom. The molecular formula is C17H34N2. The Morgan fingerprint density at radius 3 is 2.32 bits per heavy atom. The van der Waals surface area contributed by atoms with Crippen LogP contribution in [-0.4, -0.2) is 37.1 Å². The molecule has 0 aromatic heterocycles. The van der Waals surface area contributed by atoms with Gasteiger partial charge in [0.2, 0.25) is 0 Å². The molecule has 1 N–H and O–H groups in total. The number of hydrogen-bond donors (Lipinski definition) is 1. The first-order valence-electron chi connectivity index (χ1n) is 8.59. The van der Waals surface area contributed by atoms with Crippen LogP contribution >= 0.6 is 0 Å². The van der Waals surface area contributed by atoms with E-state index in [1.54, 1.807) is 0 Å². The fourth-order valence-corrected chi connectivity index (χ4v) is 4.48. The Kier molecular flexibility index (Phi) is 5.70. The molecule has 1 heterocycles.